The summed E-state index contributed by atoms with van der Waals surface area (Å²) in [5, 5.41) is 2.86. The van der Waals surface area contributed by atoms with Crippen molar-refractivity contribution in [3.63, 3.8) is 0 Å². The average molecular weight is 472 g/mol. The number of hydrogen-bond acceptors (Lipinski definition) is 5. The second-order valence-corrected chi connectivity index (χ2v) is 11.0. The lowest BCUT2D eigenvalue weighted by Crippen LogP contribution is -2.54. The molecule has 3 rings (SSSR count). The molecule has 0 aromatic heterocycles. The maximum absolute atomic E-state index is 13.4. The Kier molecular flexibility index (Phi) is 6.65. The van der Waals surface area contributed by atoms with E-state index in [0.717, 1.165) is 11.1 Å². The molecule has 1 heterocycles. The molecule has 2 aromatic rings. The summed E-state index contributed by atoms with van der Waals surface area (Å²) in [6.45, 7) is 8.39. The number of benzene rings is 2. The van der Waals surface area contributed by atoms with E-state index >= 15 is 0 Å². The second kappa shape index (κ2) is 8.97. The van der Waals surface area contributed by atoms with E-state index in [2.05, 4.69) is 5.32 Å². The first-order valence-corrected chi connectivity index (χ1v) is 12.1. The van der Waals surface area contributed by atoms with Crippen LogP contribution in [-0.2, 0) is 26.2 Å². The predicted molar refractivity (Wildman–Crippen MR) is 124 cm³/mol. The molecule has 2 aromatic carbocycles. The number of hydrogen-bond donors (Lipinski definition) is 1. The minimum Gasteiger partial charge on any atom is -0.350 e. The maximum Gasteiger partial charge on any atom is 0.269 e. The van der Waals surface area contributed by atoms with Crippen LogP contribution in [-0.4, -0.2) is 53.5 Å². The molecule has 0 unspecified atom stereocenters. The summed E-state index contributed by atoms with van der Waals surface area (Å²) >= 11 is 0. The van der Waals surface area contributed by atoms with Crippen LogP contribution in [0.2, 0.25) is 0 Å². The van der Waals surface area contributed by atoms with Crippen molar-refractivity contribution in [3.8, 4) is 0 Å². The second-order valence-electron chi connectivity index (χ2n) is 9.18. The van der Waals surface area contributed by atoms with Crippen LogP contribution in [0.4, 0.5) is 0 Å². The quantitative estimate of drug-likeness (QED) is 0.697. The topological polar surface area (TPSA) is 104 Å². The number of amides is 3. The Bertz CT molecular complexity index is 1200. The number of nitrogens with one attached hydrogen (secondary N) is 1. The molecule has 0 fully saturated rings. The van der Waals surface area contributed by atoms with Gasteiger partial charge in [0, 0.05) is 12.1 Å². The van der Waals surface area contributed by atoms with Gasteiger partial charge in [0.05, 0.1) is 5.56 Å². The normalized spacial score (nSPS) is 15.7. The van der Waals surface area contributed by atoms with E-state index in [1.807, 2.05) is 52.0 Å². The molecule has 33 heavy (non-hydrogen) atoms. The highest BCUT2D eigenvalue weighted by Crippen LogP contribution is 2.30. The minimum atomic E-state index is -4.14. The van der Waals surface area contributed by atoms with Crippen molar-refractivity contribution < 1.29 is 22.8 Å². The standard InChI is InChI=1S/C24H29N3O5S/c1-16-10-6-7-11-18(16)14-26(17(2)22(29)25-24(3,4)5)21(28)15-27-23(30)19-12-8-9-13-20(19)33(27,31)32/h6-13,17H,14-15H2,1-5H3,(H,25,29)/t17-/m1/s1. The van der Waals surface area contributed by atoms with Gasteiger partial charge < -0.3 is 10.2 Å². The Balaban J connectivity index is 1.92. The summed E-state index contributed by atoms with van der Waals surface area (Å²) < 4.78 is 26.4. The molecule has 176 valence electrons. The van der Waals surface area contributed by atoms with E-state index in [0.29, 0.717) is 4.31 Å². The van der Waals surface area contributed by atoms with Gasteiger partial charge in [-0.3, -0.25) is 14.4 Å². The summed E-state index contributed by atoms with van der Waals surface area (Å²) in [6.07, 6.45) is 0. The van der Waals surface area contributed by atoms with Gasteiger partial charge in [-0.05, 0) is 57.9 Å². The zero-order valence-electron chi connectivity index (χ0n) is 19.5. The molecule has 1 N–H and O–H groups in total. The SMILES string of the molecule is Cc1ccccc1CN(C(=O)CN1C(=O)c2ccccc2S1(=O)=O)[C@H](C)C(=O)NC(C)(C)C. The molecule has 1 aliphatic rings. The van der Waals surface area contributed by atoms with Crippen LogP contribution in [0, 0.1) is 6.92 Å². The maximum atomic E-state index is 13.4. The van der Waals surface area contributed by atoms with Crippen molar-refractivity contribution in [2.45, 2.75) is 57.6 Å². The lowest BCUT2D eigenvalue weighted by Gasteiger charge is -2.32. The van der Waals surface area contributed by atoms with E-state index < -0.39 is 40.0 Å². The van der Waals surface area contributed by atoms with Crippen LogP contribution in [0.3, 0.4) is 0 Å². The van der Waals surface area contributed by atoms with Crippen molar-refractivity contribution in [2.24, 2.45) is 0 Å². The van der Waals surface area contributed by atoms with E-state index in [4.69, 9.17) is 0 Å². The lowest BCUT2D eigenvalue weighted by atomic mass is 10.1. The fraction of sp³-hybridized carbons (Fsp3) is 0.375. The van der Waals surface area contributed by atoms with Crippen LogP contribution in [0.25, 0.3) is 0 Å². The van der Waals surface area contributed by atoms with E-state index in [1.54, 1.807) is 13.0 Å². The zero-order valence-corrected chi connectivity index (χ0v) is 20.3. The minimum absolute atomic E-state index is 0.0364. The monoisotopic (exact) mass is 471 g/mol. The van der Waals surface area contributed by atoms with E-state index in [1.165, 1.54) is 23.1 Å². The Morgan fingerprint density at radius 3 is 2.27 bits per heavy atom. The van der Waals surface area contributed by atoms with Crippen LogP contribution in [0.5, 0.6) is 0 Å². The smallest absolute Gasteiger partial charge is 0.269 e. The van der Waals surface area contributed by atoms with Crippen molar-refractivity contribution in [1.29, 1.82) is 0 Å². The van der Waals surface area contributed by atoms with Gasteiger partial charge in [-0.1, -0.05) is 36.4 Å². The lowest BCUT2D eigenvalue weighted by molar-refractivity contribution is -0.141. The van der Waals surface area contributed by atoms with E-state index in [9.17, 15) is 22.8 Å². The average Bonchev–Trinajstić information content (AvgIpc) is 2.92. The number of fused-ring (bicyclic) bond motifs is 1. The number of aryl methyl sites for hydroxylation is 1. The van der Waals surface area contributed by atoms with Gasteiger partial charge in [-0.25, -0.2) is 12.7 Å². The molecule has 0 aliphatic carbocycles. The number of sulfonamides is 1. The number of nitrogens with zero attached hydrogens (tertiary/aromatic N) is 2. The van der Waals surface area contributed by atoms with Crippen LogP contribution >= 0.6 is 0 Å². The summed E-state index contributed by atoms with van der Waals surface area (Å²) in [4.78, 5) is 40.2. The highest BCUT2D eigenvalue weighted by atomic mass is 32.2. The largest absolute Gasteiger partial charge is 0.350 e. The van der Waals surface area contributed by atoms with Crippen LogP contribution < -0.4 is 5.32 Å². The van der Waals surface area contributed by atoms with Crippen molar-refractivity contribution in [3.05, 3.63) is 65.2 Å². The molecule has 0 saturated carbocycles. The molecule has 0 saturated heterocycles. The predicted octanol–water partition coefficient (Wildman–Crippen LogP) is 2.47. The molecule has 3 amide bonds. The van der Waals surface area contributed by atoms with Gasteiger partial charge >= 0.3 is 0 Å². The molecule has 1 aliphatic heterocycles. The highest BCUT2D eigenvalue weighted by molar-refractivity contribution is 7.90. The fourth-order valence-corrected chi connectivity index (χ4v) is 5.15. The van der Waals surface area contributed by atoms with Crippen LogP contribution in [0.1, 0.15) is 49.2 Å². The first-order chi connectivity index (χ1) is 15.3. The van der Waals surface area contributed by atoms with Gasteiger partial charge in [-0.15, -0.1) is 0 Å². The Morgan fingerprint density at radius 2 is 1.67 bits per heavy atom. The first-order valence-electron chi connectivity index (χ1n) is 10.6. The van der Waals surface area contributed by atoms with Gasteiger partial charge in [0.2, 0.25) is 11.8 Å². The van der Waals surface area contributed by atoms with Crippen molar-refractivity contribution in [1.82, 2.24) is 14.5 Å². The van der Waals surface area contributed by atoms with Crippen molar-refractivity contribution >= 4 is 27.7 Å². The van der Waals surface area contributed by atoms with Gasteiger partial charge in [0.1, 0.15) is 17.5 Å². The fourth-order valence-electron chi connectivity index (χ4n) is 3.63. The molecule has 0 radical (unpaired) electrons. The molecular formula is C24H29N3O5S. The number of carbonyl (C=O) groups excluding carboxylic acids is 3. The molecule has 1 atom stereocenters. The number of rotatable bonds is 6. The molecular weight excluding hydrogens is 442 g/mol. The number of carbonyl (C=O) groups is 3. The molecule has 0 bridgehead atoms. The third kappa shape index (κ3) is 5.08. The zero-order chi connectivity index (χ0) is 24.6. The first kappa shape index (κ1) is 24.4. The Labute approximate surface area is 194 Å². The van der Waals surface area contributed by atoms with E-state index in [-0.39, 0.29) is 22.9 Å². The third-order valence-corrected chi connectivity index (χ3v) is 7.25. The molecule has 0 spiro atoms. The summed E-state index contributed by atoms with van der Waals surface area (Å²) in [5.41, 5.74) is 1.27. The van der Waals surface area contributed by atoms with Gasteiger partial charge in [0.25, 0.3) is 15.9 Å². The van der Waals surface area contributed by atoms with Crippen molar-refractivity contribution in [2.75, 3.05) is 6.54 Å². The van der Waals surface area contributed by atoms with Crippen LogP contribution in [0.15, 0.2) is 53.4 Å². The molecule has 8 nitrogen and oxygen atoms in total. The summed E-state index contributed by atoms with van der Waals surface area (Å²) in [6, 6.07) is 12.4. The summed E-state index contributed by atoms with van der Waals surface area (Å²) in [5.74, 6) is -1.76. The Hall–Kier alpha value is -3.20. The molecule has 9 heteroatoms. The highest BCUT2D eigenvalue weighted by Gasteiger charge is 2.43. The summed E-state index contributed by atoms with van der Waals surface area (Å²) in [7, 11) is -4.14. The van der Waals surface area contributed by atoms with Gasteiger partial charge in [0.15, 0.2) is 0 Å². The third-order valence-electron chi connectivity index (χ3n) is 5.46. The Morgan fingerprint density at radius 1 is 1.06 bits per heavy atom. The van der Waals surface area contributed by atoms with Gasteiger partial charge in [-0.2, -0.15) is 0 Å².